The first-order chi connectivity index (χ1) is 15.5. The van der Waals surface area contributed by atoms with Gasteiger partial charge in [0.05, 0.1) is 24.5 Å². The number of benzene rings is 1. The average molecular weight is 432 g/mol. The standard InChI is InChI=1S/C22H24N8O2/c1-4-18(31)26-17-9-5-8-16-19(17)29(2)28-20(16)30-10-6-7-15(13-30)25-22-24-12-14(11-23)21(27-22)32-3/h4-5,8-9,12,15H,1,6-7,10,13H2,2-3H3,(H,26,31)(H,24,25,27). The highest BCUT2D eigenvalue weighted by atomic mass is 16.5. The van der Waals surface area contributed by atoms with E-state index in [0.717, 1.165) is 36.1 Å². The number of hydrogen-bond acceptors (Lipinski definition) is 8. The number of carbonyl (C=O) groups is 1. The maximum atomic E-state index is 11.8. The van der Waals surface area contributed by atoms with Crippen molar-refractivity contribution in [3.63, 3.8) is 0 Å². The highest BCUT2D eigenvalue weighted by Gasteiger charge is 2.25. The van der Waals surface area contributed by atoms with E-state index in [9.17, 15) is 4.79 Å². The Bertz CT molecular complexity index is 1210. The zero-order chi connectivity index (χ0) is 22.7. The number of rotatable bonds is 6. The lowest BCUT2D eigenvalue weighted by Gasteiger charge is -2.33. The molecule has 164 valence electrons. The van der Waals surface area contributed by atoms with Crippen molar-refractivity contribution in [1.29, 1.82) is 5.26 Å². The second-order valence-electron chi connectivity index (χ2n) is 7.50. The quantitative estimate of drug-likeness (QED) is 0.570. The number of aryl methyl sites for hydroxylation is 1. The molecule has 1 saturated heterocycles. The predicted molar refractivity (Wildman–Crippen MR) is 122 cm³/mol. The van der Waals surface area contributed by atoms with Crippen molar-refractivity contribution in [2.75, 3.05) is 35.7 Å². The molecule has 0 spiro atoms. The first-order valence-electron chi connectivity index (χ1n) is 10.3. The lowest BCUT2D eigenvalue weighted by atomic mass is 10.1. The number of nitrogens with zero attached hydrogens (tertiary/aromatic N) is 6. The van der Waals surface area contributed by atoms with Gasteiger partial charge < -0.3 is 20.3 Å². The molecule has 3 aromatic rings. The molecule has 4 rings (SSSR count). The van der Waals surface area contributed by atoms with Crippen molar-refractivity contribution in [1.82, 2.24) is 19.7 Å². The summed E-state index contributed by atoms with van der Waals surface area (Å²) in [4.78, 5) is 22.6. The van der Waals surface area contributed by atoms with Crippen molar-refractivity contribution in [3.05, 3.63) is 42.6 Å². The second kappa shape index (κ2) is 8.93. The fourth-order valence-electron chi connectivity index (χ4n) is 3.97. The van der Waals surface area contributed by atoms with Crippen LogP contribution in [0.4, 0.5) is 17.5 Å². The predicted octanol–water partition coefficient (Wildman–Crippen LogP) is 2.45. The monoisotopic (exact) mass is 432 g/mol. The minimum absolute atomic E-state index is 0.0992. The van der Waals surface area contributed by atoms with E-state index in [-0.39, 0.29) is 17.8 Å². The van der Waals surface area contributed by atoms with E-state index in [1.54, 1.807) is 4.68 Å². The topological polar surface area (TPSA) is 121 Å². The van der Waals surface area contributed by atoms with Gasteiger partial charge in [0.2, 0.25) is 17.7 Å². The number of carbonyl (C=O) groups excluding carboxylic acids is 1. The molecule has 1 atom stereocenters. The van der Waals surface area contributed by atoms with Crippen LogP contribution in [0.3, 0.4) is 0 Å². The molecule has 2 N–H and O–H groups in total. The van der Waals surface area contributed by atoms with Crippen LogP contribution in [0.5, 0.6) is 5.88 Å². The highest BCUT2D eigenvalue weighted by Crippen LogP contribution is 2.32. The van der Waals surface area contributed by atoms with E-state index in [0.29, 0.717) is 23.7 Å². The van der Waals surface area contributed by atoms with Crippen LogP contribution in [0.2, 0.25) is 0 Å². The molecule has 32 heavy (non-hydrogen) atoms. The van der Waals surface area contributed by atoms with E-state index in [1.165, 1.54) is 19.4 Å². The third-order valence-corrected chi connectivity index (χ3v) is 5.41. The molecule has 0 radical (unpaired) electrons. The summed E-state index contributed by atoms with van der Waals surface area (Å²) in [7, 11) is 3.35. The van der Waals surface area contributed by atoms with Crippen LogP contribution >= 0.6 is 0 Å². The minimum atomic E-state index is -0.264. The van der Waals surface area contributed by atoms with Crippen LogP contribution in [0.15, 0.2) is 37.1 Å². The zero-order valence-electron chi connectivity index (χ0n) is 18.0. The summed E-state index contributed by atoms with van der Waals surface area (Å²) in [6, 6.07) is 7.88. The number of para-hydroxylation sites is 1. The number of amides is 1. The molecule has 1 aliphatic rings. The molecule has 1 unspecified atom stereocenters. The lowest BCUT2D eigenvalue weighted by Crippen LogP contribution is -2.42. The summed E-state index contributed by atoms with van der Waals surface area (Å²) in [5, 5.41) is 21.0. The maximum absolute atomic E-state index is 11.8. The van der Waals surface area contributed by atoms with Crippen LogP contribution in [0.25, 0.3) is 10.9 Å². The molecule has 10 nitrogen and oxygen atoms in total. The Morgan fingerprint density at radius 2 is 2.28 bits per heavy atom. The number of fused-ring (bicyclic) bond motifs is 1. The summed E-state index contributed by atoms with van der Waals surface area (Å²) in [5.74, 6) is 1.28. The number of piperidine rings is 1. The Hall–Kier alpha value is -4.13. The molecule has 0 bridgehead atoms. The van der Waals surface area contributed by atoms with Crippen molar-refractivity contribution >= 4 is 34.3 Å². The van der Waals surface area contributed by atoms with Gasteiger partial charge in [-0.15, -0.1) is 0 Å². The van der Waals surface area contributed by atoms with E-state index < -0.39 is 0 Å². The summed E-state index contributed by atoms with van der Waals surface area (Å²) < 4.78 is 6.97. The van der Waals surface area contributed by atoms with Crippen LogP contribution < -0.4 is 20.3 Å². The molecule has 1 fully saturated rings. The molecule has 3 heterocycles. The molecule has 0 aliphatic carbocycles. The van der Waals surface area contributed by atoms with Gasteiger partial charge in [-0.3, -0.25) is 9.48 Å². The molecule has 1 aliphatic heterocycles. The molecule has 2 aromatic heterocycles. The van der Waals surface area contributed by atoms with Gasteiger partial charge in [0.25, 0.3) is 0 Å². The molecular weight excluding hydrogens is 408 g/mol. The fraction of sp³-hybridized carbons (Fsp3) is 0.318. The number of aromatic nitrogens is 4. The fourth-order valence-corrected chi connectivity index (χ4v) is 3.97. The zero-order valence-corrected chi connectivity index (χ0v) is 18.0. The average Bonchev–Trinajstić information content (AvgIpc) is 3.16. The van der Waals surface area contributed by atoms with Gasteiger partial charge in [0.15, 0.2) is 5.82 Å². The summed E-state index contributed by atoms with van der Waals surface area (Å²) in [5.41, 5.74) is 1.84. The normalized spacial score (nSPS) is 15.8. The van der Waals surface area contributed by atoms with Crippen molar-refractivity contribution in [2.24, 2.45) is 7.05 Å². The molecule has 10 heteroatoms. The second-order valence-corrected chi connectivity index (χ2v) is 7.50. The number of hydrogen-bond donors (Lipinski definition) is 2. The molecule has 1 aromatic carbocycles. The van der Waals surface area contributed by atoms with Crippen LogP contribution in [-0.4, -0.2) is 51.9 Å². The van der Waals surface area contributed by atoms with Gasteiger partial charge in [-0.2, -0.15) is 15.3 Å². The van der Waals surface area contributed by atoms with Gasteiger partial charge in [0.1, 0.15) is 11.6 Å². The van der Waals surface area contributed by atoms with Gasteiger partial charge in [0, 0.05) is 31.6 Å². The Balaban J connectivity index is 1.57. The maximum Gasteiger partial charge on any atom is 0.247 e. The van der Waals surface area contributed by atoms with Crippen LogP contribution in [-0.2, 0) is 11.8 Å². The Morgan fingerprint density at radius 1 is 1.44 bits per heavy atom. The van der Waals surface area contributed by atoms with Crippen LogP contribution in [0.1, 0.15) is 18.4 Å². The van der Waals surface area contributed by atoms with Gasteiger partial charge in [-0.1, -0.05) is 12.6 Å². The van der Waals surface area contributed by atoms with Gasteiger partial charge >= 0.3 is 0 Å². The Kier molecular flexibility index (Phi) is 5.89. The smallest absolute Gasteiger partial charge is 0.247 e. The van der Waals surface area contributed by atoms with E-state index in [4.69, 9.17) is 15.1 Å². The van der Waals surface area contributed by atoms with E-state index in [2.05, 4.69) is 32.1 Å². The number of ether oxygens (including phenoxy) is 1. The summed E-state index contributed by atoms with van der Waals surface area (Å²) >= 11 is 0. The van der Waals surface area contributed by atoms with Crippen LogP contribution in [0, 0.1) is 11.3 Å². The molecule has 0 saturated carbocycles. The number of nitriles is 1. The highest BCUT2D eigenvalue weighted by molar-refractivity contribution is 6.07. The molecular formula is C22H24N8O2. The summed E-state index contributed by atoms with van der Waals surface area (Å²) in [6.07, 6.45) is 4.63. The third kappa shape index (κ3) is 4.05. The summed E-state index contributed by atoms with van der Waals surface area (Å²) in [6.45, 7) is 5.09. The van der Waals surface area contributed by atoms with Crippen molar-refractivity contribution < 1.29 is 9.53 Å². The van der Waals surface area contributed by atoms with E-state index >= 15 is 0 Å². The first kappa shape index (κ1) is 21.1. The lowest BCUT2D eigenvalue weighted by molar-refractivity contribution is -0.111. The van der Waals surface area contributed by atoms with Gasteiger partial charge in [-0.25, -0.2) is 4.98 Å². The van der Waals surface area contributed by atoms with Crippen molar-refractivity contribution in [2.45, 2.75) is 18.9 Å². The van der Waals surface area contributed by atoms with Gasteiger partial charge in [-0.05, 0) is 31.1 Å². The molecule has 1 amide bonds. The largest absolute Gasteiger partial charge is 0.480 e. The minimum Gasteiger partial charge on any atom is -0.480 e. The number of anilines is 3. The first-order valence-corrected chi connectivity index (χ1v) is 10.3. The SMILES string of the molecule is C=CC(=O)Nc1cccc2c(N3CCCC(Nc4ncc(C#N)c(OC)n4)C3)nn(C)c12. The Labute approximate surface area is 185 Å². The van der Waals surface area contributed by atoms with Crippen molar-refractivity contribution in [3.8, 4) is 11.9 Å². The number of nitrogens with one attached hydrogen (secondary N) is 2. The Morgan fingerprint density at radius 3 is 3.03 bits per heavy atom. The number of methoxy groups -OCH3 is 1. The van der Waals surface area contributed by atoms with E-state index in [1.807, 2.05) is 31.3 Å². The third-order valence-electron chi connectivity index (χ3n) is 5.41.